The van der Waals surface area contributed by atoms with Gasteiger partial charge in [-0.1, -0.05) is 6.07 Å². The van der Waals surface area contributed by atoms with Gasteiger partial charge in [-0.25, -0.2) is 0 Å². The van der Waals surface area contributed by atoms with Crippen LogP contribution in [0, 0.1) is 6.92 Å². The van der Waals surface area contributed by atoms with Crippen LogP contribution in [0.5, 0.6) is 5.75 Å². The molecule has 0 spiro atoms. The summed E-state index contributed by atoms with van der Waals surface area (Å²) in [5, 5.41) is 2.74. The van der Waals surface area contributed by atoms with Gasteiger partial charge in [0.2, 0.25) is 0 Å². The minimum atomic E-state index is -0.288. The molecule has 0 bridgehead atoms. The van der Waals surface area contributed by atoms with Gasteiger partial charge in [0, 0.05) is 18.3 Å². The maximum atomic E-state index is 11.9. The maximum Gasteiger partial charge on any atom is 0.291 e. The molecule has 5 heteroatoms. The van der Waals surface area contributed by atoms with Crippen molar-refractivity contribution in [3.05, 3.63) is 47.9 Å². The number of hydrogen-bond donors (Lipinski definition) is 2. The lowest BCUT2D eigenvalue weighted by Gasteiger charge is -2.07. The number of rotatable bonds is 5. The highest BCUT2D eigenvalue weighted by atomic mass is 16.5. The Balaban J connectivity index is 2.04. The molecule has 5 nitrogen and oxygen atoms in total. The minimum Gasteiger partial charge on any atom is -0.492 e. The zero-order valence-electron chi connectivity index (χ0n) is 10.7. The van der Waals surface area contributed by atoms with Crippen molar-refractivity contribution in [2.45, 2.75) is 6.92 Å². The van der Waals surface area contributed by atoms with Crippen molar-refractivity contribution in [3.8, 4) is 5.75 Å². The predicted molar refractivity (Wildman–Crippen MR) is 72.4 cm³/mol. The Morgan fingerprint density at radius 3 is 2.89 bits per heavy atom. The van der Waals surface area contributed by atoms with Crippen molar-refractivity contribution in [2.75, 3.05) is 18.5 Å². The summed E-state index contributed by atoms with van der Waals surface area (Å²) in [5.74, 6) is 1.36. The van der Waals surface area contributed by atoms with Crippen LogP contribution in [0.4, 0.5) is 5.69 Å². The zero-order chi connectivity index (χ0) is 13.7. The van der Waals surface area contributed by atoms with E-state index in [0.717, 1.165) is 0 Å². The summed E-state index contributed by atoms with van der Waals surface area (Å²) in [5.41, 5.74) is 6.01. The summed E-state index contributed by atoms with van der Waals surface area (Å²) in [6.45, 7) is 2.68. The molecule has 0 aliphatic heterocycles. The van der Waals surface area contributed by atoms with E-state index in [2.05, 4.69) is 5.32 Å². The first-order valence-corrected chi connectivity index (χ1v) is 6.00. The second kappa shape index (κ2) is 6.06. The number of furan rings is 1. The van der Waals surface area contributed by atoms with Crippen LogP contribution < -0.4 is 15.8 Å². The number of nitrogens with one attached hydrogen (secondary N) is 1. The van der Waals surface area contributed by atoms with Crippen LogP contribution in [-0.2, 0) is 0 Å². The molecule has 0 saturated carbocycles. The van der Waals surface area contributed by atoms with Gasteiger partial charge in [0.05, 0.1) is 0 Å². The van der Waals surface area contributed by atoms with Crippen LogP contribution in [0.2, 0.25) is 0 Å². The Morgan fingerprint density at radius 2 is 2.21 bits per heavy atom. The fourth-order valence-electron chi connectivity index (χ4n) is 1.59. The zero-order valence-corrected chi connectivity index (χ0v) is 10.7. The first-order chi connectivity index (χ1) is 9.19. The van der Waals surface area contributed by atoms with Gasteiger partial charge in [-0.05, 0) is 31.2 Å². The van der Waals surface area contributed by atoms with Gasteiger partial charge in [-0.3, -0.25) is 4.79 Å². The highest BCUT2D eigenvalue weighted by molar-refractivity contribution is 6.02. The molecule has 1 amide bonds. The number of benzene rings is 1. The molecule has 0 radical (unpaired) electrons. The van der Waals surface area contributed by atoms with Gasteiger partial charge in [0.1, 0.15) is 18.1 Å². The lowest BCUT2D eigenvalue weighted by Crippen LogP contribution is -2.12. The average Bonchev–Trinajstić information content (AvgIpc) is 2.83. The molecular weight excluding hydrogens is 244 g/mol. The molecule has 2 rings (SSSR count). The Labute approximate surface area is 111 Å². The summed E-state index contributed by atoms with van der Waals surface area (Å²) >= 11 is 0. The third-order valence-corrected chi connectivity index (χ3v) is 2.44. The first kappa shape index (κ1) is 13.2. The van der Waals surface area contributed by atoms with E-state index in [4.69, 9.17) is 14.9 Å². The monoisotopic (exact) mass is 260 g/mol. The first-order valence-electron chi connectivity index (χ1n) is 6.00. The number of ether oxygens (including phenoxy) is 1. The molecule has 100 valence electrons. The fraction of sp³-hybridized carbons (Fsp3) is 0.214. The third kappa shape index (κ3) is 3.59. The summed E-state index contributed by atoms with van der Waals surface area (Å²) in [6, 6.07) is 10.5. The van der Waals surface area contributed by atoms with Crippen molar-refractivity contribution >= 4 is 11.6 Å². The molecule has 3 N–H and O–H groups in total. The van der Waals surface area contributed by atoms with E-state index in [0.29, 0.717) is 30.3 Å². The van der Waals surface area contributed by atoms with Crippen molar-refractivity contribution in [1.29, 1.82) is 0 Å². The van der Waals surface area contributed by atoms with Gasteiger partial charge in [-0.2, -0.15) is 0 Å². The molecule has 0 fully saturated rings. The number of nitrogens with two attached hydrogens (primary N) is 1. The van der Waals surface area contributed by atoms with Gasteiger partial charge in [0.25, 0.3) is 5.91 Å². The van der Waals surface area contributed by atoms with E-state index in [1.165, 1.54) is 0 Å². The molecular formula is C14H16N2O3. The molecule has 0 atom stereocenters. The Kier molecular flexibility index (Phi) is 4.20. The molecule has 19 heavy (non-hydrogen) atoms. The van der Waals surface area contributed by atoms with E-state index < -0.39 is 0 Å². The van der Waals surface area contributed by atoms with Gasteiger partial charge in [-0.15, -0.1) is 0 Å². The molecule has 0 unspecified atom stereocenters. The number of carbonyl (C=O) groups excluding carboxylic acids is 1. The number of hydrogen-bond acceptors (Lipinski definition) is 4. The minimum absolute atomic E-state index is 0.283. The summed E-state index contributed by atoms with van der Waals surface area (Å²) < 4.78 is 10.6. The third-order valence-electron chi connectivity index (χ3n) is 2.44. The molecule has 0 aliphatic carbocycles. The largest absolute Gasteiger partial charge is 0.492 e. The highest BCUT2D eigenvalue weighted by Crippen LogP contribution is 2.18. The topological polar surface area (TPSA) is 77.5 Å². The van der Waals surface area contributed by atoms with Crippen molar-refractivity contribution in [1.82, 2.24) is 0 Å². The lowest BCUT2D eigenvalue weighted by atomic mass is 10.3. The smallest absolute Gasteiger partial charge is 0.291 e. The van der Waals surface area contributed by atoms with Crippen molar-refractivity contribution in [2.24, 2.45) is 5.73 Å². The molecule has 2 aromatic rings. The number of aryl methyl sites for hydroxylation is 1. The van der Waals surface area contributed by atoms with Crippen molar-refractivity contribution in [3.63, 3.8) is 0 Å². The van der Waals surface area contributed by atoms with Crippen LogP contribution >= 0.6 is 0 Å². The highest BCUT2D eigenvalue weighted by Gasteiger charge is 2.10. The van der Waals surface area contributed by atoms with Crippen LogP contribution in [0.25, 0.3) is 0 Å². The van der Waals surface area contributed by atoms with Gasteiger partial charge >= 0.3 is 0 Å². The predicted octanol–water partition coefficient (Wildman–Crippen LogP) is 2.18. The van der Waals surface area contributed by atoms with E-state index in [-0.39, 0.29) is 11.7 Å². The Hall–Kier alpha value is -2.27. The number of anilines is 1. The quantitative estimate of drug-likeness (QED) is 0.863. The van der Waals surface area contributed by atoms with Crippen LogP contribution in [0.1, 0.15) is 16.3 Å². The van der Waals surface area contributed by atoms with Crippen LogP contribution in [-0.4, -0.2) is 19.1 Å². The normalized spacial score (nSPS) is 10.2. The van der Waals surface area contributed by atoms with Gasteiger partial charge < -0.3 is 20.2 Å². The lowest BCUT2D eigenvalue weighted by molar-refractivity contribution is 0.0995. The molecule has 0 aliphatic rings. The number of amides is 1. The Morgan fingerprint density at radius 1 is 1.37 bits per heavy atom. The van der Waals surface area contributed by atoms with Crippen LogP contribution in [0.15, 0.2) is 40.8 Å². The maximum absolute atomic E-state index is 11.9. The standard InChI is InChI=1S/C14H16N2O3/c1-10-5-6-13(19-10)14(17)16-11-3-2-4-12(9-11)18-8-7-15/h2-6,9H,7-8,15H2,1H3,(H,16,17). The second-order valence-electron chi connectivity index (χ2n) is 4.03. The van der Waals surface area contributed by atoms with E-state index in [1.807, 2.05) is 6.07 Å². The van der Waals surface area contributed by atoms with E-state index in [1.54, 1.807) is 37.3 Å². The van der Waals surface area contributed by atoms with Crippen LogP contribution in [0.3, 0.4) is 0 Å². The molecule has 1 aromatic carbocycles. The summed E-state index contributed by atoms with van der Waals surface area (Å²) in [4.78, 5) is 11.9. The second-order valence-corrected chi connectivity index (χ2v) is 4.03. The molecule has 1 heterocycles. The number of carbonyl (C=O) groups is 1. The molecule has 0 saturated heterocycles. The van der Waals surface area contributed by atoms with Crippen molar-refractivity contribution < 1.29 is 13.9 Å². The van der Waals surface area contributed by atoms with E-state index >= 15 is 0 Å². The Bertz CT molecular complexity index is 563. The summed E-state index contributed by atoms with van der Waals surface area (Å²) in [7, 11) is 0. The molecule has 1 aromatic heterocycles. The average molecular weight is 260 g/mol. The van der Waals surface area contributed by atoms with Gasteiger partial charge in [0.15, 0.2) is 5.76 Å². The fourth-order valence-corrected chi connectivity index (χ4v) is 1.59. The summed E-state index contributed by atoms with van der Waals surface area (Å²) in [6.07, 6.45) is 0. The van der Waals surface area contributed by atoms with E-state index in [9.17, 15) is 4.79 Å². The SMILES string of the molecule is Cc1ccc(C(=O)Nc2cccc(OCCN)c2)o1.